The molecule has 4 atom stereocenters. The molecule has 0 spiro atoms. The van der Waals surface area contributed by atoms with Crippen LogP contribution in [0, 0.1) is 5.92 Å². The van der Waals surface area contributed by atoms with Crippen molar-refractivity contribution in [3.63, 3.8) is 0 Å². The molecule has 0 fully saturated rings. The number of rotatable bonds is 27. The van der Waals surface area contributed by atoms with Crippen LogP contribution in [0.1, 0.15) is 71.1 Å². The van der Waals surface area contributed by atoms with Crippen molar-refractivity contribution in [2.45, 2.75) is 70.1 Å². The average molecular weight is 1070 g/mol. The number of aryl methyl sites for hydroxylation is 2. The van der Waals surface area contributed by atoms with E-state index in [4.69, 9.17) is 47.3 Å². The van der Waals surface area contributed by atoms with Crippen LogP contribution in [-0.2, 0) is 50.8 Å². The summed E-state index contributed by atoms with van der Waals surface area (Å²) in [5, 5.41) is 42.2. The van der Waals surface area contributed by atoms with Gasteiger partial charge in [0.1, 0.15) is 18.9 Å². The highest BCUT2D eigenvalue weighted by Crippen LogP contribution is 2.27. The highest BCUT2D eigenvalue weighted by atomic mass is 35.5. The Balaban J connectivity index is 0.000000282. The zero-order valence-electron chi connectivity index (χ0n) is 41.9. The second-order valence-electron chi connectivity index (χ2n) is 17.4. The number of carbonyl (C=O) groups excluding carboxylic acids is 4. The van der Waals surface area contributed by atoms with Gasteiger partial charge in [0.15, 0.2) is 23.7 Å². The molecule has 0 radical (unpaired) electrons. The normalized spacial score (nSPS) is 12.4. The molecule has 1 amide bonds. The van der Waals surface area contributed by atoms with E-state index in [0.717, 1.165) is 33.4 Å². The fourth-order valence-corrected chi connectivity index (χ4v) is 8.07. The Morgan fingerprint density at radius 1 is 0.680 bits per heavy atom. The van der Waals surface area contributed by atoms with Crippen LogP contribution in [0.4, 0.5) is 0 Å². The van der Waals surface area contributed by atoms with Crippen LogP contribution in [0.2, 0.25) is 10.0 Å². The maximum absolute atomic E-state index is 13.1. The molecule has 0 aliphatic carbocycles. The molecule has 0 saturated heterocycles. The van der Waals surface area contributed by atoms with E-state index in [1.54, 1.807) is 38.4 Å². The lowest BCUT2D eigenvalue weighted by atomic mass is 9.88. The molecule has 0 aliphatic heterocycles. The minimum atomic E-state index is -1.58. The number of esters is 2. The first-order valence-corrected chi connectivity index (χ1v) is 24.7. The van der Waals surface area contributed by atoms with Crippen molar-refractivity contribution in [2.75, 3.05) is 20.0 Å². The maximum Gasteiger partial charge on any atom is 0.337 e. The number of aliphatic hydroxyl groups excluding tert-OH is 2. The van der Waals surface area contributed by atoms with Crippen molar-refractivity contribution < 1.29 is 58.2 Å². The fraction of sp³-hybridized carbons (Fsp3) is 0.304. The van der Waals surface area contributed by atoms with E-state index in [-0.39, 0.29) is 56.1 Å². The third-order valence-electron chi connectivity index (χ3n) is 11.4. The summed E-state index contributed by atoms with van der Waals surface area (Å²) < 4.78 is 23.6. The molecule has 0 bridgehead atoms. The van der Waals surface area contributed by atoms with E-state index < -0.39 is 54.8 Å². The van der Waals surface area contributed by atoms with Crippen molar-refractivity contribution in [1.29, 1.82) is 0 Å². The molecule has 4 aromatic carbocycles. The lowest BCUT2D eigenvalue weighted by molar-refractivity contribution is -0.173. The Hall–Kier alpha value is -7.57. The first-order chi connectivity index (χ1) is 36.0. The molecule has 0 unspecified atom stereocenters. The van der Waals surface area contributed by atoms with Gasteiger partial charge in [-0.2, -0.15) is 10.2 Å². The number of aliphatic hydroxyl groups is 2. The summed E-state index contributed by atoms with van der Waals surface area (Å²) in [6.45, 7) is 8.95. The third-order valence-corrected chi connectivity index (χ3v) is 11.9. The predicted molar refractivity (Wildman–Crippen MR) is 284 cm³/mol. The number of aliphatic carboxylic acids is 1. The van der Waals surface area contributed by atoms with Crippen LogP contribution in [0.25, 0.3) is 22.3 Å². The number of aromatic nitrogens is 4. The monoisotopic (exact) mass is 1070 g/mol. The number of halogens is 2. The molecule has 6 aromatic rings. The lowest BCUT2D eigenvalue weighted by Crippen LogP contribution is -2.41. The van der Waals surface area contributed by atoms with Gasteiger partial charge in [0.05, 0.1) is 0 Å². The van der Waals surface area contributed by atoms with E-state index in [1.807, 2.05) is 97.9 Å². The quantitative estimate of drug-likeness (QED) is 0.0164. The van der Waals surface area contributed by atoms with Gasteiger partial charge in [0.2, 0.25) is 18.6 Å². The van der Waals surface area contributed by atoms with Gasteiger partial charge in [-0.1, -0.05) is 128 Å². The Kier molecular flexibility index (Phi) is 22.8. The van der Waals surface area contributed by atoms with Gasteiger partial charge in [-0.15, -0.1) is 0 Å². The number of carboxylic acids is 1. The van der Waals surface area contributed by atoms with E-state index in [9.17, 15) is 34.2 Å². The van der Waals surface area contributed by atoms with Gasteiger partial charge in [-0.3, -0.25) is 14.4 Å². The molecule has 396 valence electrons. The minimum Gasteiger partial charge on any atom is -0.479 e. The van der Waals surface area contributed by atoms with Gasteiger partial charge in [0.25, 0.3) is 5.91 Å². The SMILES string of the molecule is C=CCOc1cc(C(=O)C[C@H](Cc2ccc(-c3cccc(Cl)c3)cc2)C[C@@H](O)C(=O)O)nn1C.C=CCOc1cc(C(=O)N[C@H](Cc2ccc(-c3cccc(Cl)c3)cc2)C[C@@H](O)C(=O)OCOC(=O)CCC)nn1C. The van der Waals surface area contributed by atoms with Crippen LogP contribution < -0.4 is 14.8 Å². The number of carbonyl (C=O) groups is 5. The van der Waals surface area contributed by atoms with E-state index in [0.29, 0.717) is 41.1 Å². The molecule has 2 aromatic heterocycles. The first kappa shape index (κ1) is 58.3. The maximum atomic E-state index is 13.1. The molecule has 0 saturated carbocycles. The minimum absolute atomic E-state index is 0.0400. The number of nitrogens with one attached hydrogen (secondary N) is 1. The van der Waals surface area contributed by atoms with E-state index in [1.165, 1.54) is 15.4 Å². The second-order valence-corrected chi connectivity index (χ2v) is 18.2. The summed E-state index contributed by atoms with van der Waals surface area (Å²) in [6, 6.07) is 32.8. The Morgan fingerprint density at radius 3 is 1.71 bits per heavy atom. The van der Waals surface area contributed by atoms with Gasteiger partial charge >= 0.3 is 17.9 Å². The number of nitrogens with zero attached hydrogens (tertiary/aromatic N) is 4. The largest absolute Gasteiger partial charge is 0.479 e. The lowest BCUT2D eigenvalue weighted by Gasteiger charge is -2.21. The number of Topliss-reactive ketones (excluding diaryl/α,β-unsaturated/α-hetero) is 1. The van der Waals surface area contributed by atoms with Gasteiger partial charge < -0.3 is 39.6 Å². The zero-order valence-corrected chi connectivity index (χ0v) is 43.4. The number of ether oxygens (including phenoxy) is 4. The number of amides is 1. The molecule has 19 heteroatoms. The van der Waals surface area contributed by atoms with Gasteiger partial charge in [-0.25, -0.2) is 19.0 Å². The molecular formula is C56H61Cl2N5O12. The molecule has 4 N–H and O–H groups in total. The molecular weight excluding hydrogens is 1010 g/mol. The van der Waals surface area contributed by atoms with E-state index in [2.05, 4.69) is 28.7 Å². The Labute approximate surface area is 445 Å². The van der Waals surface area contributed by atoms with Crippen molar-refractivity contribution in [3.8, 4) is 34.0 Å². The fourth-order valence-electron chi connectivity index (χ4n) is 7.69. The number of hydrogen-bond acceptors (Lipinski definition) is 13. The highest BCUT2D eigenvalue weighted by Gasteiger charge is 2.27. The van der Waals surface area contributed by atoms with Crippen LogP contribution in [-0.4, -0.2) is 103 Å². The third kappa shape index (κ3) is 18.7. The van der Waals surface area contributed by atoms with Gasteiger partial charge in [0, 0.05) is 61.6 Å². The van der Waals surface area contributed by atoms with Crippen molar-refractivity contribution in [1.82, 2.24) is 24.9 Å². The summed E-state index contributed by atoms with van der Waals surface area (Å²) in [5.74, 6) is -3.13. The van der Waals surface area contributed by atoms with Crippen molar-refractivity contribution in [2.24, 2.45) is 20.0 Å². The molecule has 75 heavy (non-hydrogen) atoms. The zero-order chi connectivity index (χ0) is 54.4. The van der Waals surface area contributed by atoms with Gasteiger partial charge in [-0.05, 0) is 89.2 Å². The summed E-state index contributed by atoms with van der Waals surface area (Å²) in [7, 11) is 3.31. The predicted octanol–water partition coefficient (Wildman–Crippen LogP) is 8.81. The molecule has 0 aliphatic rings. The molecule has 2 heterocycles. The van der Waals surface area contributed by atoms with Crippen molar-refractivity contribution in [3.05, 3.63) is 167 Å². The summed E-state index contributed by atoms with van der Waals surface area (Å²) in [4.78, 5) is 61.1. The molecule has 17 nitrogen and oxygen atoms in total. The summed E-state index contributed by atoms with van der Waals surface area (Å²) >= 11 is 12.2. The topological polar surface area (TPSA) is 231 Å². The highest BCUT2D eigenvalue weighted by molar-refractivity contribution is 6.31. The Morgan fingerprint density at radius 2 is 1.20 bits per heavy atom. The van der Waals surface area contributed by atoms with Crippen LogP contribution in [0.15, 0.2) is 135 Å². The standard InChI is InChI=1S/C30H34ClN3O7.C26H27ClN2O5/c1-4-7-28(36)40-19-41-30(38)26(35)17-24(32-29(37)25-18-27(34(3)33-25)39-14-5-2)15-20-10-12-21(13-11-20)22-8-6-9-23(31)16-22;1-3-11-34-25-16-22(28-29(25)2)23(30)13-18(14-24(31)26(32)33)12-17-7-9-19(10-8-17)20-5-4-6-21(27)15-20/h5-6,8-13,16,18,24,26,35H,2,4,7,14-15,17,19H2,1,3H3,(H,32,37);3-10,15-16,18,24,31H,1,11-14H2,2H3,(H,32,33)/t24-,26-;18-,24+/m10/s1. The van der Waals surface area contributed by atoms with Crippen LogP contribution >= 0.6 is 23.2 Å². The smallest absolute Gasteiger partial charge is 0.337 e. The van der Waals surface area contributed by atoms with E-state index >= 15 is 0 Å². The van der Waals surface area contributed by atoms with Crippen molar-refractivity contribution >= 4 is 52.8 Å². The number of benzene rings is 4. The Bertz CT molecular complexity index is 2880. The number of ketones is 1. The summed E-state index contributed by atoms with van der Waals surface area (Å²) in [6.07, 6.45) is 1.37. The number of hydrogen-bond donors (Lipinski definition) is 4. The average Bonchev–Trinajstić information content (AvgIpc) is 3.96. The van der Waals surface area contributed by atoms with Crippen LogP contribution in [0.3, 0.4) is 0 Å². The summed E-state index contributed by atoms with van der Waals surface area (Å²) in [5.41, 5.74) is 6.00. The van der Waals surface area contributed by atoms with Crippen LogP contribution in [0.5, 0.6) is 11.8 Å². The molecule has 6 rings (SSSR count). The second kappa shape index (κ2) is 29.4. The first-order valence-electron chi connectivity index (χ1n) is 24.0. The number of carboxylic acid groups (broad SMARTS) is 1.